The first-order chi connectivity index (χ1) is 4.22. The van der Waals surface area contributed by atoms with E-state index < -0.39 is 0 Å². The van der Waals surface area contributed by atoms with Crippen LogP contribution in [-0.2, 0) is 0 Å². The normalized spacial score (nSPS) is 12.3. The van der Waals surface area contributed by atoms with E-state index in [-0.39, 0.29) is 0 Å². The van der Waals surface area contributed by atoms with Gasteiger partial charge in [0.1, 0.15) is 0 Å². The molecule has 0 fully saturated rings. The second-order valence-corrected chi connectivity index (χ2v) is 2.04. The molecule has 52 valence electrons. The Bertz CT molecular complexity index is 123. The van der Waals surface area contributed by atoms with Crippen molar-refractivity contribution in [2.24, 2.45) is 0 Å². The third-order valence-corrected chi connectivity index (χ3v) is 1.34. The summed E-state index contributed by atoms with van der Waals surface area (Å²) >= 11 is 0. The number of hydrogen-bond acceptors (Lipinski definition) is 1. The van der Waals surface area contributed by atoms with Crippen LogP contribution in [0.3, 0.4) is 0 Å². The van der Waals surface area contributed by atoms with Crippen molar-refractivity contribution >= 4 is 0 Å². The van der Waals surface area contributed by atoms with Crippen molar-refractivity contribution in [3.05, 3.63) is 23.9 Å². The lowest BCUT2D eigenvalue weighted by atomic mass is 10.2. The number of nitrogens with one attached hydrogen (secondary N) is 1. The predicted molar refractivity (Wildman–Crippen MR) is 42.2 cm³/mol. The minimum atomic E-state index is 0.983. The van der Waals surface area contributed by atoms with Gasteiger partial charge in [-0.3, -0.25) is 0 Å². The summed E-state index contributed by atoms with van der Waals surface area (Å²) in [6, 6.07) is 0. The molecule has 0 bridgehead atoms. The summed E-state index contributed by atoms with van der Waals surface area (Å²) in [5, 5.41) is 3.20. The van der Waals surface area contributed by atoms with E-state index in [1.807, 2.05) is 13.0 Å². The fraction of sp³-hybridized carbons (Fsp3) is 0.500. The van der Waals surface area contributed by atoms with Gasteiger partial charge in [0.05, 0.1) is 0 Å². The lowest BCUT2D eigenvalue weighted by Gasteiger charge is -2.03. The Morgan fingerprint density at radius 3 is 2.44 bits per heavy atom. The van der Waals surface area contributed by atoms with E-state index in [1.54, 1.807) is 0 Å². The summed E-state index contributed by atoms with van der Waals surface area (Å²) in [6.45, 7) is 10.8. The average Bonchev–Trinajstić information content (AvgIpc) is 1.87. The maximum absolute atomic E-state index is 3.67. The molecule has 0 saturated carbocycles. The topological polar surface area (TPSA) is 12.0 Å². The molecule has 0 saturated heterocycles. The van der Waals surface area contributed by atoms with Crippen molar-refractivity contribution in [3.63, 3.8) is 0 Å². The molecule has 0 aromatic carbocycles. The Kier molecular flexibility index (Phi) is 3.85. The van der Waals surface area contributed by atoms with Crippen LogP contribution in [0.2, 0.25) is 0 Å². The molecule has 9 heavy (non-hydrogen) atoms. The van der Waals surface area contributed by atoms with E-state index in [1.165, 1.54) is 11.3 Å². The van der Waals surface area contributed by atoms with Crippen LogP contribution < -0.4 is 5.32 Å². The van der Waals surface area contributed by atoms with Gasteiger partial charge in [-0.1, -0.05) is 12.7 Å². The largest absolute Gasteiger partial charge is 0.389 e. The molecular formula is C8H15N. The summed E-state index contributed by atoms with van der Waals surface area (Å²) in [5.41, 5.74) is 2.43. The lowest BCUT2D eigenvalue weighted by Crippen LogP contribution is -2.10. The molecule has 0 aromatic rings. The molecule has 0 aliphatic heterocycles. The van der Waals surface area contributed by atoms with Gasteiger partial charge >= 0.3 is 0 Å². The third-order valence-electron chi connectivity index (χ3n) is 1.34. The fourth-order valence-corrected chi connectivity index (χ4v) is 0.558. The molecule has 0 unspecified atom stereocenters. The Balaban J connectivity index is 3.93. The fourth-order valence-electron chi connectivity index (χ4n) is 0.558. The van der Waals surface area contributed by atoms with E-state index in [4.69, 9.17) is 0 Å². The predicted octanol–water partition coefficient (Wildman–Crippen LogP) is 2.08. The van der Waals surface area contributed by atoms with Gasteiger partial charge in [-0.05, 0) is 26.3 Å². The molecule has 0 aliphatic rings. The monoisotopic (exact) mass is 125 g/mol. The van der Waals surface area contributed by atoms with Crippen molar-refractivity contribution < 1.29 is 0 Å². The number of rotatable bonds is 3. The Morgan fingerprint density at radius 2 is 2.11 bits per heavy atom. The van der Waals surface area contributed by atoms with E-state index in [0.29, 0.717) is 0 Å². The maximum atomic E-state index is 3.67. The van der Waals surface area contributed by atoms with E-state index in [0.717, 1.165) is 6.54 Å². The highest BCUT2D eigenvalue weighted by atomic mass is 14.9. The van der Waals surface area contributed by atoms with Crippen molar-refractivity contribution in [1.82, 2.24) is 5.32 Å². The molecule has 0 atom stereocenters. The van der Waals surface area contributed by atoms with Gasteiger partial charge in [0, 0.05) is 12.2 Å². The van der Waals surface area contributed by atoms with Crippen LogP contribution in [0.5, 0.6) is 0 Å². The van der Waals surface area contributed by atoms with E-state index >= 15 is 0 Å². The van der Waals surface area contributed by atoms with Crippen LogP contribution in [-0.4, -0.2) is 6.54 Å². The first-order valence-corrected chi connectivity index (χ1v) is 3.26. The van der Waals surface area contributed by atoms with Gasteiger partial charge in [-0.2, -0.15) is 0 Å². The zero-order valence-corrected chi connectivity index (χ0v) is 6.49. The van der Waals surface area contributed by atoms with Gasteiger partial charge < -0.3 is 5.32 Å². The van der Waals surface area contributed by atoms with Crippen LogP contribution in [0.4, 0.5) is 0 Å². The molecule has 0 amide bonds. The van der Waals surface area contributed by atoms with Crippen LogP contribution in [0.1, 0.15) is 20.8 Å². The van der Waals surface area contributed by atoms with Crippen LogP contribution >= 0.6 is 0 Å². The molecule has 1 N–H and O–H groups in total. The van der Waals surface area contributed by atoms with E-state index in [2.05, 4.69) is 25.7 Å². The molecule has 1 heteroatoms. The first kappa shape index (κ1) is 8.28. The van der Waals surface area contributed by atoms with Gasteiger partial charge in [0.25, 0.3) is 0 Å². The molecule has 0 aromatic heterocycles. The molecule has 0 aliphatic carbocycles. The number of allylic oxidation sites excluding steroid dienone is 3. The maximum Gasteiger partial charge on any atom is 0.0115 e. The van der Waals surface area contributed by atoms with Gasteiger partial charge in [-0.15, -0.1) is 0 Å². The Labute approximate surface area is 57.5 Å². The second kappa shape index (κ2) is 4.19. The van der Waals surface area contributed by atoms with Crippen LogP contribution in [0, 0.1) is 0 Å². The second-order valence-electron chi connectivity index (χ2n) is 2.04. The molecular weight excluding hydrogens is 110 g/mol. The standard InChI is InChI=1S/C8H15N/c1-5-7(3)8(4)9-6-2/h5,9H,1,6H2,2-4H3/b8-7+. The first-order valence-electron chi connectivity index (χ1n) is 3.26. The van der Waals surface area contributed by atoms with Crippen LogP contribution in [0.25, 0.3) is 0 Å². The molecule has 0 spiro atoms. The highest BCUT2D eigenvalue weighted by molar-refractivity contribution is 5.18. The lowest BCUT2D eigenvalue weighted by molar-refractivity contribution is 0.844. The van der Waals surface area contributed by atoms with Crippen molar-refractivity contribution in [2.75, 3.05) is 6.54 Å². The summed E-state index contributed by atoms with van der Waals surface area (Å²) in [5.74, 6) is 0. The Morgan fingerprint density at radius 1 is 1.56 bits per heavy atom. The molecule has 0 rings (SSSR count). The summed E-state index contributed by atoms with van der Waals surface area (Å²) in [4.78, 5) is 0. The highest BCUT2D eigenvalue weighted by Crippen LogP contribution is 1.98. The SMILES string of the molecule is C=C/C(C)=C(\C)NCC. The van der Waals surface area contributed by atoms with Crippen molar-refractivity contribution in [2.45, 2.75) is 20.8 Å². The zero-order chi connectivity index (χ0) is 7.28. The van der Waals surface area contributed by atoms with Gasteiger partial charge in [0.2, 0.25) is 0 Å². The summed E-state index contributed by atoms with van der Waals surface area (Å²) in [6.07, 6.45) is 1.86. The smallest absolute Gasteiger partial charge is 0.0115 e. The van der Waals surface area contributed by atoms with Crippen molar-refractivity contribution in [3.8, 4) is 0 Å². The molecule has 0 heterocycles. The summed E-state index contributed by atoms with van der Waals surface area (Å²) < 4.78 is 0. The quantitative estimate of drug-likeness (QED) is 0.569. The zero-order valence-electron chi connectivity index (χ0n) is 6.49. The van der Waals surface area contributed by atoms with Crippen molar-refractivity contribution in [1.29, 1.82) is 0 Å². The number of hydrogen-bond donors (Lipinski definition) is 1. The van der Waals surface area contributed by atoms with E-state index in [9.17, 15) is 0 Å². The highest BCUT2D eigenvalue weighted by Gasteiger charge is 1.87. The van der Waals surface area contributed by atoms with Crippen LogP contribution in [0.15, 0.2) is 23.9 Å². The summed E-state index contributed by atoms with van der Waals surface area (Å²) in [7, 11) is 0. The molecule has 0 radical (unpaired) electrons. The minimum absolute atomic E-state index is 0.983. The minimum Gasteiger partial charge on any atom is -0.389 e. The third kappa shape index (κ3) is 2.96. The Hall–Kier alpha value is -0.720. The van der Waals surface area contributed by atoms with Gasteiger partial charge in [-0.25, -0.2) is 0 Å². The molecule has 1 nitrogen and oxygen atoms in total. The average molecular weight is 125 g/mol. The van der Waals surface area contributed by atoms with Gasteiger partial charge in [0.15, 0.2) is 0 Å².